The maximum atomic E-state index is 12.9. The first-order valence-corrected chi connectivity index (χ1v) is 8.42. The molecule has 0 aromatic heterocycles. The Kier molecular flexibility index (Phi) is 8.09. The molecule has 1 aromatic rings. The first kappa shape index (κ1) is 24.3. The van der Waals surface area contributed by atoms with Gasteiger partial charge in [-0.25, -0.2) is 5.06 Å². The quantitative estimate of drug-likeness (QED) is 0.358. The normalized spacial score (nSPS) is 14.0. The van der Waals surface area contributed by atoms with Crippen LogP contribution in [-0.2, 0) is 21.0 Å². The van der Waals surface area contributed by atoms with E-state index in [-0.39, 0.29) is 23.7 Å². The summed E-state index contributed by atoms with van der Waals surface area (Å²) in [6.07, 6.45) is -8.79. The van der Waals surface area contributed by atoms with E-state index in [1.165, 1.54) is 45.0 Å². The average Bonchev–Trinajstić information content (AvgIpc) is 2.60. The molecule has 0 radical (unpaired) electrons. The van der Waals surface area contributed by atoms with Crippen LogP contribution in [0.5, 0.6) is 0 Å². The summed E-state index contributed by atoms with van der Waals surface area (Å²) >= 11 is 0. The van der Waals surface area contributed by atoms with Gasteiger partial charge in [0.15, 0.2) is 6.10 Å². The van der Waals surface area contributed by atoms with E-state index >= 15 is 0 Å². The highest BCUT2D eigenvalue weighted by Crippen LogP contribution is 2.27. The molecule has 2 N–H and O–H groups in total. The Morgan fingerprint density at radius 3 is 2.48 bits per heavy atom. The molecule has 0 bridgehead atoms. The second-order valence-corrected chi connectivity index (χ2v) is 7.15. The molecular formula is C17H22F3N3O6. The third-order valence-corrected chi connectivity index (χ3v) is 3.47. The Bertz CT molecular complexity index is 736. The number of nitro groups is 1. The predicted octanol–water partition coefficient (Wildman–Crippen LogP) is 2.08. The van der Waals surface area contributed by atoms with Gasteiger partial charge in [0.05, 0.1) is 16.9 Å². The fourth-order valence-electron chi connectivity index (χ4n) is 2.31. The SMILES string of the molecule is CC(C)(C)ON(C=O)C(CC(F)(F)F)C(O)C(=O)NCc1cccc([N+](=O)[O-])c1. The number of aliphatic hydroxyl groups excluding tert-OH is 1. The minimum Gasteiger partial charge on any atom is -0.381 e. The first-order chi connectivity index (χ1) is 13.2. The first-order valence-electron chi connectivity index (χ1n) is 8.42. The van der Waals surface area contributed by atoms with Crippen molar-refractivity contribution in [1.82, 2.24) is 10.4 Å². The molecule has 29 heavy (non-hydrogen) atoms. The summed E-state index contributed by atoms with van der Waals surface area (Å²) in [5.41, 5.74) is -1.01. The van der Waals surface area contributed by atoms with Gasteiger partial charge in [0.2, 0.25) is 6.41 Å². The molecule has 0 saturated heterocycles. The molecule has 0 aliphatic carbocycles. The molecule has 0 spiro atoms. The number of carbonyl (C=O) groups excluding carboxylic acids is 2. The molecule has 0 aliphatic rings. The minimum atomic E-state index is -4.80. The van der Waals surface area contributed by atoms with Crippen molar-refractivity contribution in [2.75, 3.05) is 0 Å². The van der Waals surface area contributed by atoms with E-state index in [0.29, 0.717) is 5.56 Å². The minimum absolute atomic E-state index is 0.0429. The maximum Gasteiger partial charge on any atom is 0.391 e. The van der Waals surface area contributed by atoms with Gasteiger partial charge in [-0.15, -0.1) is 0 Å². The highest BCUT2D eigenvalue weighted by Gasteiger charge is 2.42. The van der Waals surface area contributed by atoms with Gasteiger partial charge in [-0.1, -0.05) is 12.1 Å². The summed E-state index contributed by atoms with van der Waals surface area (Å²) in [4.78, 5) is 38.7. The molecule has 2 unspecified atom stereocenters. The maximum absolute atomic E-state index is 12.9. The van der Waals surface area contributed by atoms with Gasteiger partial charge >= 0.3 is 6.18 Å². The number of nitrogens with one attached hydrogen (secondary N) is 1. The van der Waals surface area contributed by atoms with Crippen LogP contribution in [0.4, 0.5) is 18.9 Å². The summed E-state index contributed by atoms with van der Waals surface area (Å²) in [5.74, 6) is -1.20. The molecule has 0 fully saturated rings. The average molecular weight is 421 g/mol. The molecule has 9 nitrogen and oxygen atoms in total. The van der Waals surface area contributed by atoms with E-state index in [4.69, 9.17) is 4.84 Å². The second-order valence-electron chi connectivity index (χ2n) is 7.15. The van der Waals surface area contributed by atoms with Crippen LogP contribution < -0.4 is 5.32 Å². The summed E-state index contributed by atoms with van der Waals surface area (Å²) in [6, 6.07) is 3.18. The molecule has 1 aromatic carbocycles. The van der Waals surface area contributed by atoms with Crippen LogP contribution in [0.3, 0.4) is 0 Å². The fourth-order valence-corrected chi connectivity index (χ4v) is 2.31. The monoisotopic (exact) mass is 421 g/mol. The number of carbonyl (C=O) groups is 2. The van der Waals surface area contributed by atoms with Crippen LogP contribution >= 0.6 is 0 Å². The Morgan fingerprint density at radius 2 is 2.00 bits per heavy atom. The molecule has 0 aliphatic heterocycles. The van der Waals surface area contributed by atoms with Gasteiger partial charge in [0, 0.05) is 18.7 Å². The molecule has 0 saturated carbocycles. The number of hydroxylamine groups is 2. The van der Waals surface area contributed by atoms with Crippen LogP contribution in [0.25, 0.3) is 0 Å². The number of hydrogen-bond acceptors (Lipinski definition) is 6. The van der Waals surface area contributed by atoms with E-state index in [1.54, 1.807) is 0 Å². The van der Waals surface area contributed by atoms with E-state index in [0.717, 1.165) is 0 Å². The van der Waals surface area contributed by atoms with Gasteiger partial charge in [0.25, 0.3) is 11.6 Å². The number of amides is 2. The lowest BCUT2D eigenvalue weighted by molar-refractivity contribution is -0.384. The summed E-state index contributed by atoms with van der Waals surface area (Å²) < 4.78 is 38.8. The van der Waals surface area contributed by atoms with Crippen LogP contribution in [0.2, 0.25) is 0 Å². The number of alkyl halides is 3. The fraction of sp³-hybridized carbons (Fsp3) is 0.529. The van der Waals surface area contributed by atoms with E-state index in [9.17, 15) is 38.0 Å². The molecule has 162 valence electrons. The zero-order chi connectivity index (χ0) is 22.4. The van der Waals surface area contributed by atoms with Crippen molar-refractivity contribution in [3.05, 3.63) is 39.9 Å². The molecule has 2 atom stereocenters. The lowest BCUT2D eigenvalue weighted by Crippen LogP contribution is -2.53. The highest BCUT2D eigenvalue weighted by atomic mass is 19.4. The van der Waals surface area contributed by atoms with Crippen LogP contribution in [0.1, 0.15) is 32.8 Å². The summed E-state index contributed by atoms with van der Waals surface area (Å²) in [5, 5.41) is 23.4. The molecule has 1 rings (SSSR count). The largest absolute Gasteiger partial charge is 0.391 e. The van der Waals surface area contributed by atoms with Crippen molar-refractivity contribution < 1.29 is 37.6 Å². The van der Waals surface area contributed by atoms with E-state index in [2.05, 4.69) is 5.32 Å². The van der Waals surface area contributed by atoms with Crippen molar-refractivity contribution in [2.45, 2.75) is 57.7 Å². The molecule has 2 amide bonds. The lowest BCUT2D eigenvalue weighted by Gasteiger charge is -2.35. The highest BCUT2D eigenvalue weighted by molar-refractivity contribution is 5.81. The number of halogens is 3. The number of aliphatic hydroxyl groups is 1. The number of nitrogens with zero attached hydrogens (tertiary/aromatic N) is 2. The van der Waals surface area contributed by atoms with Gasteiger partial charge in [0.1, 0.15) is 6.04 Å². The number of nitro benzene ring substituents is 1. The van der Waals surface area contributed by atoms with Crippen LogP contribution in [0.15, 0.2) is 24.3 Å². The summed E-state index contributed by atoms with van der Waals surface area (Å²) in [7, 11) is 0. The van der Waals surface area contributed by atoms with Crippen molar-refractivity contribution in [2.24, 2.45) is 0 Å². The van der Waals surface area contributed by atoms with Gasteiger partial charge in [-0.2, -0.15) is 13.2 Å². The number of benzene rings is 1. The van der Waals surface area contributed by atoms with Gasteiger partial charge in [-0.05, 0) is 26.3 Å². The number of hydrogen-bond donors (Lipinski definition) is 2. The standard InChI is InChI=1S/C17H22F3N3O6/c1-16(2,3)29-22(10-24)13(8-17(18,19)20)14(25)15(26)21-9-11-5-4-6-12(7-11)23(27)28/h4-7,10,13-14,25H,8-9H2,1-3H3,(H,21,26). The second kappa shape index (κ2) is 9.65. The zero-order valence-corrected chi connectivity index (χ0v) is 16.0. The van der Waals surface area contributed by atoms with Gasteiger partial charge in [-0.3, -0.25) is 24.5 Å². The smallest absolute Gasteiger partial charge is 0.381 e. The molecule has 12 heteroatoms. The van der Waals surface area contributed by atoms with Crippen LogP contribution in [0, 0.1) is 10.1 Å². The van der Waals surface area contributed by atoms with Crippen molar-refractivity contribution >= 4 is 18.0 Å². The van der Waals surface area contributed by atoms with Crippen molar-refractivity contribution in [3.63, 3.8) is 0 Å². The zero-order valence-electron chi connectivity index (χ0n) is 16.0. The van der Waals surface area contributed by atoms with Gasteiger partial charge < -0.3 is 10.4 Å². The Hall–Kier alpha value is -2.73. The predicted molar refractivity (Wildman–Crippen MR) is 94.2 cm³/mol. The van der Waals surface area contributed by atoms with Crippen molar-refractivity contribution in [1.29, 1.82) is 0 Å². The third kappa shape index (κ3) is 8.44. The number of non-ortho nitro benzene ring substituents is 1. The summed E-state index contributed by atoms with van der Waals surface area (Å²) in [6.45, 7) is 4.15. The van der Waals surface area contributed by atoms with E-state index in [1.807, 2.05) is 0 Å². The van der Waals surface area contributed by atoms with E-state index < -0.39 is 41.2 Å². The van der Waals surface area contributed by atoms with Crippen molar-refractivity contribution in [3.8, 4) is 0 Å². The third-order valence-electron chi connectivity index (χ3n) is 3.47. The van der Waals surface area contributed by atoms with Crippen LogP contribution in [-0.4, -0.2) is 51.3 Å². The lowest BCUT2D eigenvalue weighted by atomic mass is 10.1. The Morgan fingerprint density at radius 1 is 1.38 bits per heavy atom. The molecular weight excluding hydrogens is 399 g/mol. The molecule has 0 heterocycles. The topological polar surface area (TPSA) is 122 Å². The Balaban J connectivity index is 2.95. The number of rotatable bonds is 9. The Labute approximate surface area is 164 Å².